The topological polar surface area (TPSA) is 55.4 Å². The molecule has 0 fully saturated rings. The SMILES string of the molecule is COC(=O)CNC(=O)C(C)(Br)CBr. The molecule has 1 atom stereocenters. The number of halogens is 2. The van der Waals surface area contributed by atoms with Gasteiger partial charge in [0.25, 0.3) is 0 Å². The lowest BCUT2D eigenvalue weighted by atomic mass is 10.2. The van der Waals surface area contributed by atoms with Gasteiger partial charge in [0.2, 0.25) is 5.91 Å². The van der Waals surface area contributed by atoms with Crippen molar-refractivity contribution in [2.75, 3.05) is 19.0 Å². The highest BCUT2D eigenvalue weighted by Crippen LogP contribution is 2.19. The lowest BCUT2D eigenvalue weighted by Gasteiger charge is -2.17. The van der Waals surface area contributed by atoms with Crippen LogP contribution in [0.3, 0.4) is 0 Å². The Morgan fingerprint density at radius 1 is 1.54 bits per heavy atom. The summed E-state index contributed by atoms with van der Waals surface area (Å²) >= 11 is 6.38. The summed E-state index contributed by atoms with van der Waals surface area (Å²) in [6.45, 7) is 1.60. The predicted molar refractivity (Wildman–Crippen MR) is 56.2 cm³/mol. The van der Waals surface area contributed by atoms with E-state index in [2.05, 4.69) is 41.9 Å². The van der Waals surface area contributed by atoms with Gasteiger partial charge in [0.1, 0.15) is 10.9 Å². The van der Waals surface area contributed by atoms with Crippen LogP contribution in [-0.4, -0.2) is 35.2 Å². The molecule has 0 saturated heterocycles. The van der Waals surface area contributed by atoms with Crippen molar-refractivity contribution < 1.29 is 14.3 Å². The van der Waals surface area contributed by atoms with Crippen molar-refractivity contribution in [1.82, 2.24) is 5.32 Å². The van der Waals surface area contributed by atoms with Crippen LogP contribution in [0.2, 0.25) is 0 Å². The van der Waals surface area contributed by atoms with Crippen molar-refractivity contribution >= 4 is 43.7 Å². The number of rotatable bonds is 4. The van der Waals surface area contributed by atoms with Crippen molar-refractivity contribution in [3.05, 3.63) is 0 Å². The molecule has 4 nitrogen and oxygen atoms in total. The Hall–Kier alpha value is -0.100. The summed E-state index contributed by atoms with van der Waals surface area (Å²) in [6, 6.07) is 0. The molecule has 0 radical (unpaired) electrons. The molecule has 1 unspecified atom stereocenters. The Balaban J connectivity index is 3.95. The smallest absolute Gasteiger partial charge is 0.325 e. The largest absolute Gasteiger partial charge is 0.468 e. The summed E-state index contributed by atoms with van der Waals surface area (Å²) in [6.07, 6.45) is 0. The van der Waals surface area contributed by atoms with E-state index < -0.39 is 10.3 Å². The number of ether oxygens (including phenoxy) is 1. The van der Waals surface area contributed by atoms with E-state index in [0.29, 0.717) is 5.33 Å². The molecule has 0 aromatic rings. The number of carbonyl (C=O) groups excluding carboxylic acids is 2. The number of nitrogens with one attached hydrogen (secondary N) is 1. The molecule has 1 amide bonds. The normalized spacial score (nSPS) is 14.5. The fraction of sp³-hybridized carbons (Fsp3) is 0.714. The highest BCUT2D eigenvalue weighted by atomic mass is 79.9. The molecule has 0 heterocycles. The van der Waals surface area contributed by atoms with Gasteiger partial charge >= 0.3 is 5.97 Å². The maximum atomic E-state index is 11.3. The van der Waals surface area contributed by atoms with E-state index in [4.69, 9.17) is 0 Å². The van der Waals surface area contributed by atoms with Crippen LogP contribution >= 0.6 is 31.9 Å². The highest BCUT2D eigenvalue weighted by Gasteiger charge is 2.28. The molecule has 0 bridgehead atoms. The van der Waals surface area contributed by atoms with E-state index in [9.17, 15) is 9.59 Å². The van der Waals surface area contributed by atoms with Crippen molar-refractivity contribution in [1.29, 1.82) is 0 Å². The van der Waals surface area contributed by atoms with E-state index >= 15 is 0 Å². The van der Waals surface area contributed by atoms with E-state index in [1.54, 1.807) is 6.92 Å². The van der Waals surface area contributed by atoms with Gasteiger partial charge < -0.3 is 10.1 Å². The number of esters is 1. The molecule has 0 saturated carbocycles. The summed E-state index contributed by atoms with van der Waals surface area (Å²) < 4.78 is 3.67. The molecule has 13 heavy (non-hydrogen) atoms. The number of alkyl halides is 2. The lowest BCUT2D eigenvalue weighted by molar-refractivity contribution is -0.141. The van der Waals surface area contributed by atoms with Crippen molar-refractivity contribution in [3.8, 4) is 0 Å². The lowest BCUT2D eigenvalue weighted by Crippen LogP contribution is -2.43. The first kappa shape index (κ1) is 12.9. The third-order valence-corrected chi connectivity index (χ3v) is 3.86. The third kappa shape index (κ3) is 4.61. The Labute approximate surface area is 93.7 Å². The van der Waals surface area contributed by atoms with Gasteiger partial charge in [-0.1, -0.05) is 31.9 Å². The second-order valence-corrected chi connectivity index (χ2v) is 4.90. The van der Waals surface area contributed by atoms with E-state index in [1.165, 1.54) is 7.11 Å². The average Bonchev–Trinajstić information content (AvgIpc) is 2.13. The summed E-state index contributed by atoms with van der Waals surface area (Å²) in [5.41, 5.74) is 0. The number of methoxy groups -OCH3 is 1. The maximum Gasteiger partial charge on any atom is 0.325 e. The minimum Gasteiger partial charge on any atom is -0.468 e. The van der Waals surface area contributed by atoms with Gasteiger partial charge in [0, 0.05) is 5.33 Å². The monoisotopic (exact) mass is 315 g/mol. The van der Waals surface area contributed by atoms with Crippen LogP contribution in [0, 0.1) is 0 Å². The molecule has 76 valence electrons. The molecular formula is C7H11Br2NO3. The quantitative estimate of drug-likeness (QED) is 0.617. The van der Waals surface area contributed by atoms with Gasteiger partial charge in [-0.25, -0.2) is 0 Å². The van der Waals surface area contributed by atoms with E-state index in [-0.39, 0.29) is 12.5 Å². The molecule has 0 spiro atoms. The predicted octanol–water partition coefficient (Wildman–Crippen LogP) is 0.824. The molecule has 0 aliphatic rings. The van der Waals surface area contributed by atoms with Gasteiger partial charge in [0.05, 0.1) is 7.11 Å². The summed E-state index contributed by atoms with van der Waals surface area (Å²) in [5.74, 6) is -0.721. The second kappa shape index (κ2) is 5.59. The maximum absolute atomic E-state index is 11.3. The minimum absolute atomic E-state index is 0.108. The van der Waals surface area contributed by atoms with Crippen molar-refractivity contribution in [2.45, 2.75) is 11.2 Å². The van der Waals surface area contributed by atoms with Gasteiger partial charge in [0.15, 0.2) is 0 Å². The van der Waals surface area contributed by atoms with Gasteiger partial charge in [-0.15, -0.1) is 0 Å². The number of hydrogen-bond donors (Lipinski definition) is 1. The van der Waals surface area contributed by atoms with Gasteiger partial charge in [-0.2, -0.15) is 0 Å². The molecule has 0 aliphatic carbocycles. The second-order valence-electron chi connectivity index (χ2n) is 2.59. The van der Waals surface area contributed by atoms with Gasteiger partial charge in [-0.3, -0.25) is 9.59 Å². The van der Waals surface area contributed by atoms with Crippen molar-refractivity contribution in [2.24, 2.45) is 0 Å². The van der Waals surface area contributed by atoms with E-state index in [1.807, 2.05) is 0 Å². The Bertz CT molecular complexity index is 206. The molecule has 0 rings (SSSR count). The number of amides is 1. The van der Waals surface area contributed by atoms with E-state index in [0.717, 1.165) is 0 Å². The summed E-state index contributed by atoms with van der Waals surface area (Å²) in [7, 11) is 1.27. The van der Waals surface area contributed by atoms with Crippen LogP contribution in [0.25, 0.3) is 0 Å². The van der Waals surface area contributed by atoms with Crippen molar-refractivity contribution in [3.63, 3.8) is 0 Å². The zero-order chi connectivity index (χ0) is 10.5. The molecule has 1 N–H and O–H groups in total. The highest BCUT2D eigenvalue weighted by molar-refractivity contribution is 9.12. The van der Waals surface area contributed by atoms with Crippen LogP contribution in [0.1, 0.15) is 6.92 Å². The third-order valence-electron chi connectivity index (χ3n) is 1.35. The first-order chi connectivity index (χ1) is 5.94. The summed E-state index contributed by atoms with van der Waals surface area (Å²) in [4.78, 5) is 22.0. The van der Waals surface area contributed by atoms with Crippen LogP contribution in [0.4, 0.5) is 0 Å². The average molecular weight is 317 g/mol. The van der Waals surface area contributed by atoms with Crippen LogP contribution < -0.4 is 5.32 Å². The molecule has 0 aromatic heterocycles. The molecular weight excluding hydrogens is 306 g/mol. The number of hydrogen-bond acceptors (Lipinski definition) is 3. The number of carbonyl (C=O) groups is 2. The minimum atomic E-state index is -0.693. The fourth-order valence-electron chi connectivity index (χ4n) is 0.470. The van der Waals surface area contributed by atoms with Gasteiger partial charge in [-0.05, 0) is 6.92 Å². The van der Waals surface area contributed by atoms with Crippen LogP contribution in [0.15, 0.2) is 0 Å². The molecule has 0 aliphatic heterocycles. The standard InChI is InChI=1S/C7H11Br2NO3/c1-7(9,4-8)6(12)10-3-5(11)13-2/h3-4H2,1-2H3,(H,10,12). The Kier molecular flexibility index (Phi) is 5.55. The molecule has 6 heteroatoms. The zero-order valence-corrected chi connectivity index (χ0v) is 10.6. The first-order valence-electron chi connectivity index (χ1n) is 3.54. The fourth-order valence-corrected chi connectivity index (χ4v) is 0.864. The Morgan fingerprint density at radius 3 is 2.46 bits per heavy atom. The van der Waals surface area contributed by atoms with Crippen LogP contribution in [0.5, 0.6) is 0 Å². The molecule has 0 aromatic carbocycles. The Morgan fingerprint density at radius 2 is 2.08 bits per heavy atom. The first-order valence-corrected chi connectivity index (χ1v) is 5.45. The zero-order valence-electron chi connectivity index (χ0n) is 7.39. The van der Waals surface area contributed by atoms with Crippen LogP contribution in [-0.2, 0) is 14.3 Å². The summed E-state index contributed by atoms with van der Waals surface area (Å²) in [5, 5.41) is 2.90.